The van der Waals surface area contributed by atoms with E-state index < -0.39 is 5.97 Å². The summed E-state index contributed by atoms with van der Waals surface area (Å²) in [6, 6.07) is 11.8. The van der Waals surface area contributed by atoms with E-state index in [1.54, 1.807) is 10.6 Å². The van der Waals surface area contributed by atoms with Crippen LogP contribution in [-0.4, -0.2) is 62.1 Å². The van der Waals surface area contributed by atoms with E-state index in [1.807, 2.05) is 31.5 Å². The molecule has 2 aliphatic rings. The minimum absolute atomic E-state index is 0.114. The minimum atomic E-state index is -1.01. The lowest BCUT2D eigenvalue weighted by Gasteiger charge is -2.40. The summed E-state index contributed by atoms with van der Waals surface area (Å²) in [5.41, 5.74) is 3.94. The van der Waals surface area contributed by atoms with Crippen LogP contribution in [0.3, 0.4) is 0 Å². The van der Waals surface area contributed by atoms with Crippen molar-refractivity contribution < 1.29 is 19.4 Å². The first kappa shape index (κ1) is 22.4. The molecule has 6 rings (SSSR count). The van der Waals surface area contributed by atoms with E-state index in [2.05, 4.69) is 37.8 Å². The number of pyridine rings is 3. The zero-order chi connectivity index (χ0) is 24.6. The predicted octanol–water partition coefficient (Wildman–Crippen LogP) is 3.44. The van der Waals surface area contributed by atoms with Gasteiger partial charge < -0.3 is 25.2 Å². The second kappa shape index (κ2) is 9.21. The highest BCUT2D eigenvalue weighted by molar-refractivity contribution is 5.87. The van der Waals surface area contributed by atoms with Crippen molar-refractivity contribution in [3.8, 4) is 16.9 Å². The van der Waals surface area contributed by atoms with Crippen LogP contribution in [0.15, 0.2) is 55.0 Å². The summed E-state index contributed by atoms with van der Waals surface area (Å²) in [4.78, 5) is 19.7. The molecule has 6 heterocycles. The Morgan fingerprint density at radius 1 is 1.11 bits per heavy atom. The SMILES string of the molecule is Cc1cc(-c2ccn3nc(Nc4ccc(C(=O)O)cn4)cc3c2)c(OC2C[C@H]3COC[C@@H](C2)N3)cn1. The molecule has 0 amide bonds. The van der Waals surface area contributed by atoms with Crippen LogP contribution < -0.4 is 15.4 Å². The van der Waals surface area contributed by atoms with Gasteiger partial charge in [0.15, 0.2) is 5.82 Å². The van der Waals surface area contributed by atoms with E-state index in [4.69, 9.17) is 14.6 Å². The first-order valence-corrected chi connectivity index (χ1v) is 11.9. The van der Waals surface area contributed by atoms with Gasteiger partial charge in [-0.25, -0.2) is 14.3 Å². The number of hydrogen-bond acceptors (Lipinski definition) is 8. The van der Waals surface area contributed by atoms with Crippen molar-refractivity contribution in [1.29, 1.82) is 0 Å². The average molecular weight is 487 g/mol. The number of ether oxygens (including phenoxy) is 2. The van der Waals surface area contributed by atoms with Gasteiger partial charge in [0, 0.05) is 54.6 Å². The molecule has 0 saturated carbocycles. The molecule has 0 radical (unpaired) electrons. The molecule has 2 fully saturated rings. The summed E-state index contributed by atoms with van der Waals surface area (Å²) >= 11 is 0. The number of aryl methyl sites for hydroxylation is 1. The van der Waals surface area contributed by atoms with Crippen molar-refractivity contribution in [1.82, 2.24) is 24.9 Å². The van der Waals surface area contributed by atoms with Crippen LogP contribution in [0.2, 0.25) is 0 Å². The summed E-state index contributed by atoms with van der Waals surface area (Å²) in [6.45, 7) is 3.42. The molecule has 2 aliphatic heterocycles. The summed E-state index contributed by atoms with van der Waals surface area (Å²) in [6.07, 6.45) is 6.96. The van der Waals surface area contributed by atoms with Crippen molar-refractivity contribution in [3.63, 3.8) is 0 Å². The Kier molecular flexibility index (Phi) is 5.74. The van der Waals surface area contributed by atoms with Crippen LogP contribution in [0, 0.1) is 6.92 Å². The summed E-state index contributed by atoms with van der Waals surface area (Å²) in [7, 11) is 0. The van der Waals surface area contributed by atoms with Gasteiger partial charge in [-0.05, 0) is 42.8 Å². The maximum atomic E-state index is 11.0. The second-order valence-electron chi connectivity index (χ2n) is 9.31. The van der Waals surface area contributed by atoms with Crippen LogP contribution in [0.4, 0.5) is 11.6 Å². The van der Waals surface area contributed by atoms with E-state index in [9.17, 15) is 4.79 Å². The van der Waals surface area contributed by atoms with Gasteiger partial charge in [-0.15, -0.1) is 0 Å². The summed E-state index contributed by atoms with van der Waals surface area (Å²) in [5, 5.41) is 20.3. The number of hydrogen-bond donors (Lipinski definition) is 3. The Labute approximate surface area is 207 Å². The van der Waals surface area contributed by atoms with Gasteiger partial charge in [-0.3, -0.25) is 4.98 Å². The third-order valence-electron chi connectivity index (χ3n) is 6.54. The maximum Gasteiger partial charge on any atom is 0.337 e. The van der Waals surface area contributed by atoms with E-state index >= 15 is 0 Å². The van der Waals surface area contributed by atoms with Gasteiger partial charge in [0.25, 0.3) is 0 Å². The number of carboxylic acids is 1. The standard InChI is InChI=1S/C26H26N6O4/c1-15-6-22(23(12-27-15)36-21-8-18-13-35-14-19(9-21)29-18)16-4-5-32-20(7-16)10-25(31-32)30-24-3-2-17(11-28-24)26(33)34/h2-7,10-12,18-19,21,29H,8-9,13-14H2,1H3,(H,33,34)(H,28,30,31)/t18-,19+,21?. The Morgan fingerprint density at radius 3 is 2.69 bits per heavy atom. The number of fused-ring (bicyclic) bond motifs is 3. The van der Waals surface area contributed by atoms with Crippen LogP contribution in [0.25, 0.3) is 16.6 Å². The molecule has 0 aromatic carbocycles. The van der Waals surface area contributed by atoms with Crippen LogP contribution in [-0.2, 0) is 4.74 Å². The summed E-state index contributed by atoms with van der Waals surface area (Å²) < 4.78 is 14.0. The number of nitrogens with zero attached hydrogens (tertiary/aromatic N) is 4. The Bertz CT molecular complexity index is 1410. The largest absolute Gasteiger partial charge is 0.488 e. The van der Waals surface area contributed by atoms with E-state index in [0.29, 0.717) is 23.7 Å². The number of aromatic nitrogens is 4. The van der Waals surface area contributed by atoms with E-state index in [1.165, 1.54) is 12.3 Å². The lowest BCUT2D eigenvalue weighted by atomic mass is 9.94. The smallest absolute Gasteiger partial charge is 0.337 e. The highest BCUT2D eigenvalue weighted by atomic mass is 16.5. The number of aromatic carboxylic acids is 1. The third kappa shape index (κ3) is 4.60. The van der Waals surface area contributed by atoms with E-state index in [0.717, 1.165) is 54.1 Å². The Morgan fingerprint density at radius 2 is 1.94 bits per heavy atom. The van der Waals surface area contributed by atoms with Gasteiger partial charge in [-0.1, -0.05) is 0 Å². The third-order valence-corrected chi connectivity index (χ3v) is 6.54. The van der Waals surface area contributed by atoms with Gasteiger partial charge >= 0.3 is 5.97 Å². The highest BCUT2D eigenvalue weighted by Gasteiger charge is 2.33. The quantitative estimate of drug-likeness (QED) is 0.376. The zero-order valence-electron chi connectivity index (χ0n) is 19.7. The fourth-order valence-electron chi connectivity index (χ4n) is 4.88. The molecule has 10 nitrogen and oxygen atoms in total. The van der Waals surface area contributed by atoms with Crippen molar-refractivity contribution in [2.24, 2.45) is 0 Å². The monoisotopic (exact) mass is 486 g/mol. The Hall–Kier alpha value is -4.02. The average Bonchev–Trinajstić information content (AvgIpc) is 3.27. The van der Waals surface area contributed by atoms with Crippen molar-refractivity contribution in [2.75, 3.05) is 18.5 Å². The molecular formula is C26H26N6O4. The van der Waals surface area contributed by atoms with Gasteiger partial charge in [0.05, 0.1) is 30.5 Å². The first-order valence-electron chi connectivity index (χ1n) is 11.9. The fourth-order valence-corrected chi connectivity index (χ4v) is 4.88. The predicted molar refractivity (Wildman–Crippen MR) is 133 cm³/mol. The Balaban J connectivity index is 1.25. The number of morpholine rings is 1. The highest BCUT2D eigenvalue weighted by Crippen LogP contribution is 2.34. The molecule has 4 aromatic heterocycles. The lowest BCUT2D eigenvalue weighted by molar-refractivity contribution is -0.0122. The van der Waals surface area contributed by atoms with Gasteiger partial charge in [0.2, 0.25) is 0 Å². The second-order valence-corrected chi connectivity index (χ2v) is 9.31. The van der Waals surface area contributed by atoms with Crippen LogP contribution in [0.5, 0.6) is 5.75 Å². The molecule has 2 bridgehead atoms. The normalized spacial score (nSPS) is 21.3. The number of anilines is 2. The molecule has 1 unspecified atom stereocenters. The number of nitrogens with one attached hydrogen (secondary N) is 2. The zero-order valence-corrected chi connectivity index (χ0v) is 19.7. The molecule has 3 N–H and O–H groups in total. The lowest BCUT2D eigenvalue weighted by Crippen LogP contribution is -2.56. The topological polar surface area (TPSA) is 123 Å². The van der Waals surface area contributed by atoms with Gasteiger partial charge in [-0.2, -0.15) is 5.10 Å². The molecule has 10 heteroatoms. The van der Waals surface area contributed by atoms with Crippen molar-refractivity contribution in [2.45, 2.75) is 38.0 Å². The summed E-state index contributed by atoms with van der Waals surface area (Å²) in [5.74, 6) is 0.882. The molecule has 0 aliphatic carbocycles. The number of piperidine rings is 1. The molecule has 0 spiro atoms. The molecule has 2 saturated heterocycles. The number of carbonyl (C=O) groups is 1. The number of rotatable bonds is 6. The fraction of sp³-hybridized carbons (Fsp3) is 0.308. The minimum Gasteiger partial charge on any atom is -0.488 e. The van der Waals surface area contributed by atoms with Gasteiger partial charge in [0.1, 0.15) is 17.7 Å². The molecule has 184 valence electrons. The first-order chi connectivity index (χ1) is 17.5. The van der Waals surface area contributed by atoms with Crippen molar-refractivity contribution >= 4 is 23.1 Å². The van der Waals surface area contributed by atoms with Crippen LogP contribution >= 0.6 is 0 Å². The van der Waals surface area contributed by atoms with Crippen molar-refractivity contribution in [3.05, 3.63) is 66.2 Å². The molecule has 3 atom stereocenters. The maximum absolute atomic E-state index is 11.0. The van der Waals surface area contributed by atoms with Crippen LogP contribution in [0.1, 0.15) is 28.9 Å². The number of carboxylic acid groups (broad SMARTS) is 1. The molecule has 4 aromatic rings. The molecule has 36 heavy (non-hydrogen) atoms. The van der Waals surface area contributed by atoms with E-state index in [-0.39, 0.29) is 11.7 Å². The molecular weight excluding hydrogens is 460 g/mol.